The topological polar surface area (TPSA) is 57.7 Å². The Morgan fingerprint density at radius 2 is 1.79 bits per heavy atom. The first-order valence-corrected chi connectivity index (χ1v) is 5.82. The van der Waals surface area contributed by atoms with Gasteiger partial charge in [0, 0.05) is 25.7 Å². The Morgan fingerprint density at radius 3 is 2.42 bits per heavy atom. The van der Waals surface area contributed by atoms with Crippen molar-refractivity contribution >= 4 is 17.6 Å². The number of carbonyl (C=O) groups is 3. The largest absolute Gasteiger partial charge is 0.336 e. The summed E-state index contributed by atoms with van der Waals surface area (Å²) in [5.74, 6) is -2.03. The van der Waals surface area contributed by atoms with Crippen molar-refractivity contribution < 1.29 is 18.8 Å². The molecule has 1 heterocycles. The van der Waals surface area contributed by atoms with Gasteiger partial charge < -0.3 is 9.80 Å². The fourth-order valence-corrected chi connectivity index (χ4v) is 1.82. The number of piperazine rings is 1. The van der Waals surface area contributed by atoms with Crippen molar-refractivity contribution in [3.8, 4) is 0 Å². The number of hydrogen-bond acceptors (Lipinski definition) is 3. The number of likely N-dealkylation sites (N-methyl/N-ethyl adjacent to an activating group) is 1. The Balaban J connectivity index is 2.05. The molecule has 6 heteroatoms. The van der Waals surface area contributed by atoms with E-state index in [9.17, 15) is 18.8 Å². The molecule has 0 unspecified atom stereocenters. The van der Waals surface area contributed by atoms with Crippen LogP contribution < -0.4 is 0 Å². The lowest BCUT2D eigenvalue weighted by molar-refractivity contribution is -0.154. The van der Waals surface area contributed by atoms with Crippen molar-refractivity contribution in [1.29, 1.82) is 0 Å². The smallest absolute Gasteiger partial charge is 0.312 e. The summed E-state index contributed by atoms with van der Waals surface area (Å²) in [5, 5.41) is 0. The van der Waals surface area contributed by atoms with Gasteiger partial charge in [-0.1, -0.05) is 0 Å². The molecule has 100 valence electrons. The molecule has 1 aliphatic rings. The van der Waals surface area contributed by atoms with Gasteiger partial charge >= 0.3 is 11.8 Å². The van der Waals surface area contributed by atoms with Crippen molar-refractivity contribution in [2.75, 3.05) is 26.7 Å². The summed E-state index contributed by atoms with van der Waals surface area (Å²) < 4.78 is 12.7. The highest BCUT2D eigenvalue weighted by Crippen LogP contribution is 2.08. The van der Waals surface area contributed by atoms with E-state index in [1.165, 1.54) is 34.1 Å². The molecule has 1 saturated heterocycles. The highest BCUT2D eigenvalue weighted by molar-refractivity contribution is 6.35. The van der Waals surface area contributed by atoms with Crippen molar-refractivity contribution in [2.24, 2.45) is 0 Å². The number of amides is 2. The van der Waals surface area contributed by atoms with Gasteiger partial charge in [0.2, 0.25) is 0 Å². The van der Waals surface area contributed by atoms with Gasteiger partial charge in [-0.3, -0.25) is 14.4 Å². The summed E-state index contributed by atoms with van der Waals surface area (Å²) in [6, 6.07) is 5.09. The third kappa shape index (κ3) is 2.78. The monoisotopic (exact) mass is 264 g/mol. The van der Waals surface area contributed by atoms with Crippen LogP contribution in [0.25, 0.3) is 0 Å². The second-order valence-corrected chi connectivity index (χ2v) is 4.38. The second-order valence-electron chi connectivity index (χ2n) is 4.38. The Bertz CT molecular complexity index is 527. The molecule has 1 fully saturated rings. The average Bonchev–Trinajstić information content (AvgIpc) is 2.40. The van der Waals surface area contributed by atoms with Crippen molar-refractivity contribution in [1.82, 2.24) is 9.80 Å². The zero-order valence-corrected chi connectivity index (χ0v) is 10.4. The molecule has 1 aromatic rings. The Morgan fingerprint density at radius 1 is 1.16 bits per heavy atom. The van der Waals surface area contributed by atoms with E-state index in [0.717, 1.165) is 0 Å². The van der Waals surface area contributed by atoms with Gasteiger partial charge in [0.1, 0.15) is 5.82 Å². The number of carbonyl (C=O) groups excluding carboxylic acids is 3. The van der Waals surface area contributed by atoms with E-state index >= 15 is 0 Å². The summed E-state index contributed by atoms with van der Waals surface area (Å²) in [5.41, 5.74) is 0.320. The van der Waals surface area contributed by atoms with Gasteiger partial charge in [0.15, 0.2) is 5.78 Å². The average molecular weight is 264 g/mol. The zero-order chi connectivity index (χ0) is 14.0. The Labute approximate surface area is 109 Å². The molecule has 0 spiro atoms. The summed E-state index contributed by atoms with van der Waals surface area (Å²) in [4.78, 5) is 37.6. The molecule has 0 radical (unpaired) electrons. The number of hydrogen-bond donors (Lipinski definition) is 0. The molecule has 0 N–H and O–H groups in total. The molecule has 19 heavy (non-hydrogen) atoms. The van der Waals surface area contributed by atoms with Crippen LogP contribution >= 0.6 is 0 Å². The molecule has 0 saturated carbocycles. The first kappa shape index (κ1) is 13.2. The molecular formula is C13H13FN2O3. The van der Waals surface area contributed by atoms with Crippen LogP contribution in [-0.2, 0) is 9.59 Å². The van der Waals surface area contributed by atoms with Crippen molar-refractivity contribution in [3.63, 3.8) is 0 Å². The van der Waals surface area contributed by atoms with E-state index in [0.29, 0.717) is 18.7 Å². The molecular weight excluding hydrogens is 251 g/mol. The van der Waals surface area contributed by atoms with Crippen LogP contribution in [0, 0.1) is 5.82 Å². The lowest BCUT2D eigenvalue weighted by Crippen LogP contribution is -2.53. The van der Waals surface area contributed by atoms with Gasteiger partial charge in [-0.2, -0.15) is 0 Å². The van der Waals surface area contributed by atoms with Crippen LogP contribution in [0.2, 0.25) is 0 Å². The molecule has 5 nitrogen and oxygen atoms in total. The maximum absolute atomic E-state index is 12.7. The van der Waals surface area contributed by atoms with E-state index in [1.54, 1.807) is 7.05 Å². The molecule has 0 atom stereocenters. The van der Waals surface area contributed by atoms with Gasteiger partial charge in [-0.25, -0.2) is 4.39 Å². The Kier molecular flexibility index (Phi) is 3.59. The van der Waals surface area contributed by atoms with Crippen LogP contribution in [0.4, 0.5) is 4.39 Å². The van der Waals surface area contributed by atoms with E-state index in [1.807, 2.05) is 0 Å². The Hall–Kier alpha value is -2.24. The quantitative estimate of drug-likeness (QED) is 0.583. The summed E-state index contributed by atoms with van der Waals surface area (Å²) in [6.07, 6.45) is 0. The highest BCUT2D eigenvalue weighted by atomic mass is 19.1. The lowest BCUT2D eigenvalue weighted by Gasteiger charge is -2.30. The maximum atomic E-state index is 12.7. The fraction of sp³-hybridized carbons (Fsp3) is 0.308. The predicted molar refractivity (Wildman–Crippen MR) is 64.9 cm³/mol. The molecule has 1 aliphatic heterocycles. The molecule has 2 amide bonds. The van der Waals surface area contributed by atoms with E-state index in [-0.39, 0.29) is 12.3 Å². The lowest BCUT2D eigenvalue weighted by atomic mass is 10.1. The standard InChI is InChI=1S/C13H13FN2O3/c1-15-6-7-16(13(19)12(15)18)8-11(17)9-2-4-10(14)5-3-9/h2-5H,6-8H2,1H3. The van der Waals surface area contributed by atoms with E-state index < -0.39 is 17.6 Å². The maximum Gasteiger partial charge on any atom is 0.312 e. The fourth-order valence-electron chi connectivity index (χ4n) is 1.82. The molecule has 0 aliphatic carbocycles. The third-order valence-electron chi connectivity index (χ3n) is 3.02. The zero-order valence-electron chi connectivity index (χ0n) is 10.4. The highest BCUT2D eigenvalue weighted by Gasteiger charge is 2.31. The number of ketones is 1. The number of rotatable bonds is 3. The van der Waals surface area contributed by atoms with Crippen LogP contribution in [-0.4, -0.2) is 54.1 Å². The van der Waals surface area contributed by atoms with Crippen molar-refractivity contribution in [3.05, 3.63) is 35.6 Å². The first-order chi connectivity index (χ1) is 8.99. The first-order valence-electron chi connectivity index (χ1n) is 5.82. The summed E-state index contributed by atoms with van der Waals surface area (Å²) in [6.45, 7) is 0.569. The normalized spacial score (nSPS) is 15.9. The minimum absolute atomic E-state index is 0.163. The predicted octanol–water partition coefficient (Wildman–Crippen LogP) is 0.309. The van der Waals surface area contributed by atoms with Gasteiger partial charge in [0.05, 0.1) is 6.54 Å². The van der Waals surface area contributed by atoms with Crippen molar-refractivity contribution in [2.45, 2.75) is 0 Å². The summed E-state index contributed by atoms with van der Waals surface area (Å²) >= 11 is 0. The van der Waals surface area contributed by atoms with Crippen LogP contribution in [0.3, 0.4) is 0 Å². The number of Topliss-reactive ketones (excluding diaryl/α,β-unsaturated/α-hetero) is 1. The third-order valence-corrected chi connectivity index (χ3v) is 3.02. The SMILES string of the molecule is CN1CCN(CC(=O)c2ccc(F)cc2)C(=O)C1=O. The minimum atomic E-state index is -0.677. The van der Waals surface area contributed by atoms with Gasteiger partial charge in [-0.05, 0) is 24.3 Å². The molecule has 2 rings (SSSR count). The van der Waals surface area contributed by atoms with Crippen LogP contribution in [0.5, 0.6) is 0 Å². The van der Waals surface area contributed by atoms with Crippen LogP contribution in [0.15, 0.2) is 24.3 Å². The van der Waals surface area contributed by atoms with E-state index in [4.69, 9.17) is 0 Å². The second kappa shape index (κ2) is 5.17. The summed E-state index contributed by atoms with van der Waals surface area (Å²) in [7, 11) is 1.54. The van der Waals surface area contributed by atoms with E-state index in [2.05, 4.69) is 0 Å². The van der Waals surface area contributed by atoms with Gasteiger partial charge in [-0.15, -0.1) is 0 Å². The molecule has 1 aromatic carbocycles. The number of benzene rings is 1. The van der Waals surface area contributed by atoms with Crippen LogP contribution in [0.1, 0.15) is 10.4 Å². The molecule has 0 aromatic heterocycles. The number of halogens is 1. The molecule has 0 bridgehead atoms. The minimum Gasteiger partial charge on any atom is -0.336 e. The van der Waals surface area contributed by atoms with Gasteiger partial charge in [0.25, 0.3) is 0 Å². The number of nitrogens with zero attached hydrogens (tertiary/aromatic N) is 2.